The average molecular weight is 616 g/mol. The molecule has 1 aromatic heterocycles. The predicted molar refractivity (Wildman–Crippen MR) is 166 cm³/mol. The van der Waals surface area contributed by atoms with E-state index in [1.807, 2.05) is 37.3 Å². The number of aryl methyl sites for hydroxylation is 1. The minimum atomic E-state index is -1.49. The van der Waals surface area contributed by atoms with E-state index < -0.39 is 70.3 Å². The Morgan fingerprint density at radius 1 is 1.02 bits per heavy atom. The number of Topliss-reactive ketones (excluding diaryl/α,β-unsaturated/α-hetero) is 3. The third-order valence-electron chi connectivity index (χ3n) is 9.18. The molecule has 0 aliphatic heterocycles. The van der Waals surface area contributed by atoms with Gasteiger partial charge < -0.3 is 25.7 Å². The maximum Gasteiger partial charge on any atom is 0.188 e. The molecule has 3 aliphatic rings. The zero-order valence-corrected chi connectivity index (χ0v) is 25.6. The molecule has 2 aromatic carbocycles. The molecule has 3 aromatic rings. The van der Waals surface area contributed by atoms with Crippen LogP contribution in [0.1, 0.15) is 35.8 Å². The van der Waals surface area contributed by atoms with E-state index in [4.69, 9.17) is 4.98 Å². The Labute approximate surface area is 258 Å². The van der Waals surface area contributed by atoms with Crippen molar-refractivity contribution in [3.63, 3.8) is 0 Å². The SMILES string of the molecule is CC(=O)C1=C(O)C(N(C)C)C2C(C1=O)C(=O)C1=C(O)c3c(ccc(Nc4nc(-c5ccccc5)c(C)s4)c3O)C(C)C1C2O. The number of nitrogens with one attached hydrogen (secondary N) is 1. The highest BCUT2D eigenvalue weighted by Crippen LogP contribution is 2.55. The van der Waals surface area contributed by atoms with Crippen molar-refractivity contribution in [1.29, 1.82) is 0 Å². The van der Waals surface area contributed by atoms with Gasteiger partial charge in [0.2, 0.25) is 0 Å². The van der Waals surface area contributed by atoms with Gasteiger partial charge in [0.25, 0.3) is 0 Å². The summed E-state index contributed by atoms with van der Waals surface area (Å²) in [6.07, 6.45) is -1.33. The van der Waals surface area contributed by atoms with Gasteiger partial charge in [-0.2, -0.15) is 0 Å². The summed E-state index contributed by atoms with van der Waals surface area (Å²) in [6, 6.07) is 12.1. The molecule has 228 valence electrons. The normalized spacial score (nSPS) is 26.4. The van der Waals surface area contributed by atoms with Crippen molar-refractivity contribution in [1.82, 2.24) is 9.88 Å². The summed E-state index contributed by atoms with van der Waals surface area (Å²) >= 11 is 1.40. The second kappa shape index (κ2) is 10.7. The van der Waals surface area contributed by atoms with Gasteiger partial charge in [-0.05, 0) is 45.5 Å². The number of aliphatic hydroxyl groups excluding tert-OH is 3. The van der Waals surface area contributed by atoms with Gasteiger partial charge in [0.1, 0.15) is 22.8 Å². The second-order valence-corrected chi connectivity index (χ2v) is 13.1. The molecule has 0 radical (unpaired) electrons. The molecule has 44 heavy (non-hydrogen) atoms. The topological polar surface area (TPSA) is 160 Å². The molecule has 6 rings (SSSR count). The van der Waals surface area contributed by atoms with Crippen LogP contribution >= 0.6 is 11.3 Å². The summed E-state index contributed by atoms with van der Waals surface area (Å²) in [5, 5.41) is 49.5. The Kier molecular flexibility index (Phi) is 7.22. The van der Waals surface area contributed by atoms with E-state index in [2.05, 4.69) is 5.32 Å². The lowest BCUT2D eigenvalue weighted by Gasteiger charge is -2.50. The van der Waals surface area contributed by atoms with E-state index in [0.29, 0.717) is 10.7 Å². The zero-order valence-electron chi connectivity index (χ0n) is 24.8. The molecule has 11 heteroatoms. The number of aliphatic hydroxyl groups is 3. The average Bonchev–Trinajstić information content (AvgIpc) is 3.34. The van der Waals surface area contributed by atoms with Crippen LogP contribution in [0.25, 0.3) is 17.0 Å². The molecular formula is C33H33N3O7S. The van der Waals surface area contributed by atoms with E-state index in [9.17, 15) is 34.8 Å². The number of phenolic OH excluding ortho intramolecular Hbond substituents is 1. The van der Waals surface area contributed by atoms with Crippen LogP contribution in [0.5, 0.6) is 5.75 Å². The lowest BCUT2D eigenvalue weighted by Crippen LogP contribution is -2.61. The summed E-state index contributed by atoms with van der Waals surface area (Å²) in [6.45, 7) is 4.86. The maximum atomic E-state index is 14.1. The quantitative estimate of drug-likeness (QED) is 0.155. The van der Waals surface area contributed by atoms with Crippen molar-refractivity contribution in [3.05, 3.63) is 75.4 Å². The van der Waals surface area contributed by atoms with Gasteiger partial charge in [-0.1, -0.05) is 43.3 Å². The fraction of sp³-hybridized carbons (Fsp3) is 0.333. The highest BCUT2D eigenvalue weighted by atomic mass is 32.1. The van der Waals surface area contributed by atoms with Crippen molar-refractivity contribution < 1.29 is 34.8 Å². The summed E-state index contributed by atoms with van der Waals surface area (Å²) < 4.78 is 0. The molecule has 6 atom stereocenters. The molecule has 6 unspecified atom stereocenters. The van der Waals surface area contributed by atoms with Gasteiger partial charge in [-0.3, -0.25) is 19.3 Å². The largest absolute Gasteiger partial charge is 0.510 e. The van der Waals surface area contributed by atoms with Gasteiger partial charge in [0.05, 0.1) is 35.0 Å². The first kappa shape index (κ1) is 29.7. The Balaban J connectivity index is 1.44. The van der Waals surface area contributed by atoms with Crippen molar-refractivity contribution in [2.45, 2.75) is 38.8 Å². The van der Waals surface area contributed by atoms with Crippen LogP contribution in [0.4, 0.5) is 10.8 Å². The number of allylic oxidation sites excluding steroid dienone is 1. The molecule has 3 aliphatic carbocycles. The van der Waals surface area contributed by atoms with E-state index in [-0.39, 0.29) is 22.6 Å². The standard InChI is InChI=1S/C33H33N3O7S/c1-13-17-11-12-18(34-33-35-25(15(3)44-33)16-9-7-6-8-10-16)27(38)21(17)30(41)23-19(13)28(39)22-24(31(23)42)29(40)20(14(2)37)32(43)26(22)36(4)5/h6-13,19,22,24,26,28,38-39,41,43H,1-5H3,(H,34,35). The summed E-state index contributed by atoms with van der Waals surface area (Å²) in [7, 11) is 3.26. The number of hydrogen-bond acceptors (Lipinski definition) is 11. The number of carbonyl (C=O) groups is 3. The van der Waals surface area contributed by atoms with Crippen molar-refractivity contribution in [2.75, 3.05) is 19.4 Å². The number of likely N-dealkylation sites (N-methyl/N-ethyl adjacent to an activating group) is 1. The van der Waals surface area contributed by atoms with Crippen molar-refractivity contribution >= 4 is 45.3 Å². The highest BCUT2D eigenvalue weighted by molar-refractivity contribution is 7.16. The summed E-state index contributed by atoms with van der Waals surface area (Å²) in [5.74, 6) is -7.63. The number of carbonyl (C=O) groups excluding carboxylic acids is 3. The minimum absolute atomic E-state index is 0.0295. The molecule has 10 nitrogen and oxygen atoms in total. The van der Waals surface area contributed by atoms with Crippen LogP contribution < -0.4 is 5.32 Å². The summed E-state index contributed by atoms with van der Waals surface area (Å²) in [4.78, 5) is 47.3. The molecular weight excluding hydrogens is 582 g/mol. The Morgan fingerprint density at radius 3 is 2.34 bits per heavy atom. The number of phenols is 1. The Hall–Kier alpha value is -4.32. The first-order valence-corrected chi connectivity index (χ1v) is 15.1. The zero-order chi connectivity index (χ0) is 31.8. The number of ketones is 3. The van der Waals surface area contributed by atoms with E-state index >= 15 is 0 Å². The number of anilines is 2. The van der Waals surface area contributed by atoms with Crippen LogP contribution in [0.15, 0.2) is 59.4 Å². The lowest BCUT2D eigenvalue weighted by molar-refractivity contribution is -0.143. The van der Waals surface area contributed by atoms with Gasteiger partial charge >= 0.3 is 0 Å². The van der Waals surface area contributed by atoms with Crippen LogP contribution in [-0.2, 0) is 14.4 Å². The molecule has 1 saturated carbocycles. The number of thiazole rings is 1. The monoisotopic (exact) mass is 615 g/mol. The highest BCUT2D eigenvalue weighted by Gasteiger charge is 2.60. The number of nitrogens with zero attached hydrogens (tertiary/aromatic N) is 2. The van der Waals surface area contributed by atoms with Gasteiger partial charge in [0.15, 0.2) is 22.5 Å². The first-order valence-electron chi connectivity index (χ1n) is 14.3. The van der Waals surface area contributed by atoms with Crippen molar-refractivity contribution in [3.8, 4) is 17.0 Å². The number of aromatic nitrogens is 1. The lowest BCUT2D eigenvalue weighted by atomic mass is 9.56. The van der Waals surface area contributed by atoms with Gasteiger partial charge in [0, 0.05) is 27.8 Å². The van der Waals surface area contributed by atoms with Gasteiger partial charge in [-0.15, -0.1) is 11.3 Å². The smallest absolute Gasteiger partial charge is 0.188 e. The number of hydrogen-bond donors (Lipinski definition) is 5. The molecule has 0 spiro atoms. The number of fused-ring (bicyclic) bond motifs is 3. The number of benzene rings is 2. The Morgan fingerprint density at radius 2 is 1.70 bits per heavy atom. The van der Waals surface area contributed by atoms with Crippen molar-refractivity contribution in [2.24, 2.45) is 17.8 Å². The number of aromatic hydroxyl groups is 1. The predicted octanol–water partition coefficient (Wildman–Crippen LogP) is 4.66. The van der Waals surface area contributed by atoms with Crippen LogP contribution in [0, 0.1) is 24.7 Å². The first-order chi connectivity index (χ1) is 20.8. The van der Waals surface area contributed by atoms with Crippen LogP contribution in [0.2, 0.25) is 0 Å². The van der Waals surface area contributed by atoms with Gasteiger partial charge in [-0.25, -0.2) is 4.98 Å². The van der Waals surface area contributed by atoms with E-state index in [1.165, 1.54) is 11.3 Å². The van der Waals surface area contributed by atoms with Crippen LogP contribution in [0.3, 0.4) is 0 Å². The molecule has 0 saturated heterocycles. The molecule has 5 N–H and O–H groups in total. The Bertz CT molecular complexity index is 1790. The molecule has 1 heterocycles. The third kappa shape index (κ3) is 4.29. The number of rotatable bonds is 5. The maximum absolute atomic E-state index is 14.1. The van der Waals surface area contributed by atoms with E-state index in [0.717, 1.165) is 23.1 Å². The fourth-order valence-corrected chi connectivity index (χ4v) is 8.09. The fourth-order valence-electron chi connectivity index (χ4n) is 7.24. The van der Waals surface area contributed by atoms with Crippen LogP contribution in [-0.4, -0.2) is 73.9 Å². The molecule has 0 bridgehead atoms. The second-order valence-electron chi connectivity index (χ2n) is 11.9. The van der Waals surface area contributed by atoms with E-state index in [1.54, 1.807) is 38.1 Å². The summed E-state index contributed by atoms with van der Waals surface area (Å²) in [5.41, 5.74) is 1.90. The molecule has 0 amide bonds. The molecule has 1 fully saturated rings. The third-order valence-corrected chi connectivity index (χ3v) is 10.1. The minimum Gasteiger partial charge on any atom is -0.510 e.